The lowest BCUT2D eigenvalue weighted by Crippen LogP contribution is -2.23. The van der Waals surface area contributed by atoms with Crippen molar-refractivity contribution in [3.63, 3.8) is 0 Å². The fourth-order valence-electron chi connectivity index (χ4n) is 2.69. The van der Waals surface area contributed by atoms with E-state index >= 15 is 0 Å². The number of amides is 1. The largest absolute Gasteiger partial charge is 0.394 e. The van der Waals surface area contributed by atoms with E-state index in [1.54, 1.807) is 10.7 Å². The molecule has 0 aromatic carbocycles. The third-order valence-corrected chi connectivity index (χ3v) is 3.93. The van der Waals surface area contributed by atoms with Gasteiger partial charge in [0.15, 0.2) is 0 Å². The van der Waals surface area contributed by atoms with Crippen molar-refractivity contribution in [3.8, 4) is 0 Å². The molecule has 7 nitrogen and oxygen atoms in total. The Bertz CT molecular complexity index is 865. The number of nitrogens with zero attached hydrogens (tertiary/aromatic N) is 4. The van der Waals surface area contributed by atoms with Gasteiger partial charge in [0.25, 0.3) is 5.91 Å². The molecule has 0 saturated heterocycles. The van der Waals surface area contributed by atoms with Gasteiger partial charge in [0.2, 0.25) is 0 Å². The molecule has 2 N–H and O–H groups in total. The Labute approximate surface area is 139 Å². The molecular formula is C17H21N5O2. The van der Waals surface area contributed by atoms with Crippen LogP contribution in [0.15, 0.2) is 30.6 Å². The van der Waals surface area contributed by atoms with Crippen LogP contribution in [0.4, 0.5) is 0 Å². The third kappa shape index (κ3) is 3.16. The summed E-state index contributed by atoms with van der Waals surface area (Å²) in [4.78, 5) is 16.8. The number of hydrogen-bond acceptors (Lipinski definition) is 4. The van der Waals surface area contributed by atoms with Crippen LogP contribution in [-0.2, 0) is 19.5 Å². The Hall–Kier alpha value is -2.67. The van der Waals surface area contributed by atoms with Crippen molar-refractivity contribution >= 4 is 11.6 Å². The molecule has 0 saturated carbocycles. The number of fused-ring (bicyclic) bond motifs is 1. The Morgan fingerprint density at radius 3 is 2.96 bits per heavy atom. The molecule has 0 unspecified atom stereocenters. The Kier molecular flexibility index (Phi) is 4.61. The summed E-state index contributed by atoms with van der Waals surface area (Å²) < 4.78 is 3.62. The van der Waals surface area contributed by atoms with Gasteiger partial charge in [-0.3, -0.25) is 9.48 Å². The number of rotatable bonds is 6. The average Bonchev–Trinajstić information content (AvgIpc) is 3.17. The van der Waals surface area contributed by atoms with E-state index in [-0.39, 0.29) is 12.5 Å². The van der Waals surface area contributed by atoms with Gasteiger partial charge in [0, 0.05) is 18.1 Å². The van der Waals surface area contributed by atoms with Crippen LogP contribution in [0.5, 0.6) is 0 Å². The number of hydrogen-bond donors (Lipinski definition) is 2. The van der Waals surface area contributed by atoms with Crippen LogP contribution < -0.4 is 5.32 Å². The second kappa shape index (κ2) is 6.84. The number of aliphatic hydroxyl groups excluding tert-OH is 1. The molecule has 0 aliphatic carbocycles. The molecule has 24 heavy (non-hydrogen) atoms. The van der Waals surface area contributed by atoms with Gasteiger partial charge in [-0.05, 0) is 31.0 Å². The first-order valence-electron chi connectivity index (χ1n) is 8.01. The van der Waals surface area contributed by atoms with Crippen molar-refractivity contribution in [3.05, 3.63) is 53.2 Å². The second-order valence-electron chi connectivity index (χ2n) is 5.66. The zero-order valence-electron chi connectivity index (χ0n) is 13.9. The smallest absolute Gasteiger partial charge is 0.272 e. The molecular weight excluding hydrogens is 306 g/mol. The lowest BCUT2D eigenvalue weighted by Gasteiger charge is -2.02. The quantitative estimate of drug-likeness (QED) is 0.715. The summed E-state index contributed by atoms with van der Waals surface area (Å²) in [6.07, 6.45) is 4.60. The van der Waals surface area contributed by atoms with Crippen LogP contribution in [0.2, 0.25) is 0 Å². The maximum absolute atomic E-state index is 12.3. The molecule has 3 aromatic rings. The van der Waals surface area contributed by atoms with Gasteiger partial charge in [-0.15, -0.1) is 0 Å². The molecule has 126 valence electrons. The number of carbonyl (C=O) groups is 1. The number of nitrogens with one attached hydrogen (secondary N) is 1. The van der Waals surface area contributed by atoms with E-state index in [4.69, 9.17) is 5.11 Å². The van der Waals surface area contributed by atoms with Crippen LogP contribution in [0.1, 0.15) is 34.4 Å². The molecule has 0 aliphatic heterocycles. The van der Waals surface area contributed by atoms with Crippen molar-refractivity contribution in [2.24, 2.45) is 0 Å². The van der Waals surface area contributed by atoms with E-state index in [0.717, 1.165) is 29.0 Å². The second-order valence-corrected chi connectivity index (χ2v) is 5.66. The summed E-state index contributed by atoms with van der Waals surface area (Å²) in [6, 6.07) is 5.73. The lowest BCUT2D eigenvalue weighted by molar-refractivity contribution is 0.0944. The first-order chi connectivity index (χ1) is 11.6. The fourth-order valence-corrected chi connectivity index (χ4v) is 2.69. The Morgan fingerprint density at radius 2 is 2.25 bits per heavy atom. The van der Waals surface area contributed by atoms with Gasteiger partial charge in [-0.2, -0.15) is 5.10 Å². The van der Waals surface area contributed by atoms with Crippen LogP contribution in [0.3, 0.4) is 0 Å². The van der Waals surface area contributed by atoms with Gasteiger partial charge in [-0.1, -0.05) is 13.0 Å². The van der Waals surface area contributed by atoms with Gasteiger partial charge in [-0.25, -0.2) is 4.98 Å². The van der Waals surface area contributed by atoms with Gasteiger partial charge in [0.1, 0.15) is 11.3 Å². The SMILES string of the molecule is CCc1cc(C(=O)NCc2cn3cccc(C)c3n2)nn1CCO. The molecule has 3 heterocycles. The number of aliphatic hydroxyl groups is 1. The monoisotopic (exact) mass is 327 g/mol. The van der Waals surface area contributed by atoms with E-state index in [1.807, 2.05) is 42.8 Å². The number of carbonyl (C=O) groups excluding carboxylic acids is 1. The highest BCUT2D eigenvalue weighted by Crippen LogP contribution is 2.10. The van der Waals surface area contributed by atoms with Gasteiger partial charge in [0.05, 0.1) is 25.4 Å². The van der Waals surface area contributed by atoms with Crippen LogP contribution in [0, 0.1) is 6.92 Å². The molecule has 0 spiro atoms. The average molecular weight is 327 g/mol. The molecule has 0 aliphatic rings. The van der Waals surface area contributed by atoms with Crippen LogP contribution in [-0.4, -0.2) is 36.8 Å². The molecule has 0 radical (unpaired) electrons. The van der Waals surface area contributed by atoms with Crippen LogP contribution >= 0.6 is 0 Å². The highest BCUT2D eigenvalue weighted by Gasteiger charge is 2.14. The first kappa shape index (κ1) is 16.2. The van der Waals surface area contributed by atoms with Crippen molar-refractivity contribution in [2.45, 2.75) is 33.4 Å². The number of imidazole rings is 1. The Balaban J connectivity index is 1.71. The van der Waals surface area contributed by atoms with E-state index in [0.29, 0.717) is 18.8 Å². The summed E-state index contributed by atoms with van der Waals surface area (Å²) in [5.74, 6) is -0.241. The van der Waals surface area contributed by atoms with Crippen LogP contribution in [0.25, 0.3) is 5.65 Å². The standard InChI is InChI=1S/C17H21N5O2/c1-3-14-9-15(20-22(14)7-8-23)17(24)18-10-13-11-21-6-4-5-12(2)16(21)19-13/h4-6,9,11,23H,3,7-8,10H2,1-2H3,(H,18,24). The molecule has 0 bridgehead atoms. The zero-order valence-corrected chi connectivity index (χ0v) is 13.9. The summed E-state index contributed by atoms with van der Waals surface area (Å²) in [5, 5.41) is 16.2. The highest BCUT2D eigenvalue weighted by atomic mass is 16.3. The minimum Gasteiger partial charge on any atom is -0.394 e. The maximum Gasteiger partial charge on any atom is 0.272 e. The predicted octanol–water partition coefficient (Wildman–Crippen LogP) is 1.32. The first-order valence-corrected chi connectivity index (χ1v) is 8.01. The summed E-state index contributed by atoms with van der Waals surface area (Å²) in [5.41, 5.74) is 4.06. The highest BCUT2D eigenvalue weighted by molar-refractivity contribution is 5.92. The van der Waals surface area contributed by atoms with Crippen molar-refractivity contribution in [1.82, 2.24) is 24.5 Å². The Morgan fingerprint density at radius 1 is 1.42 bits per heavy atom. The van der Waals surface area contributed by atoms with E-state index < -0.39 is 0 Å². The molecule has 7 heteroatoms. The molecule has 3 rings (SSSR count). The number of aryl methyl sites for hydroxylation is 2. The fraction of sp³-hybridized carbons (Fsp3) is 0.353. The normalized spacial score (nSPS) is 11.1. The summed E-state index contributed by atoms with van der Waals surface area (Å²) in [6.45, 7) is 4.73. The summed E-state index contributed by atoms with van der Waals surface area (Å²) in [7, 11) is 0. The minimum absolute atomic E-state index is 0.00363. The molecule has 1 amide bonds. The maximum atomic E-state index is 12.3. The number of aromatic nitrogens is 4. The van der Waals surface area contributed by atoms with Crippen molar-refractivity contribution in [2.75, 3.05) is 6.61 Å². The van der Waals surface area contributed by atoms with Crippen molar-refractivity contribution < 1.29 is 9.90 Å². The number of pyridine rings is 1. The minimum atomic E-state index is -0.241. The third-order valence-electron chi connectivity index (χ3n) is 3.93. The summed E-state index contributed by atoms with van der Waals surface area (Å²) >= 11 is 0. The topological polar surface area (TPSA) is 84.5 Å². The zero-order chi connectivity index (χ0) is 17.1. The molecule has 0 fully saturated rings. The van der Waals surface area contributed by atoms with Gasteiger partial charge < -0.3 is 14.8 Å². The lowest BCUT2D eigenvalue weighted by atomic mass is 10.3. The van der Waals surface area contributed by atoms with Crippen molar-refractivity contribution in [1.29, 1.82) is 0 Å². The van der Waals surface area contributed by atoms with E-state index in [2.05, 4.69) is 15.4 Å². The molecule has 0 atom stereocenters. The van der Waals surface area contributed by atoms with E-state index in [9.17, 15) is 4.79 Å². The van der Waals surface area contributed by atoms with E-state index in [1.165, 1.54) is 0 Å². The van der Waals surface area contributed by atoms with Gasteiger partial charge >= 0.3 is 0 Å². The predicted molar refractivity (Wildman–Crippen MR) is 89.8 cm³/mol. The molecule has 3 aromatic heterocycles.